The second kappa shape index (κ2) is 5.04. The second-order valence-electron chi connectivity index (χ2n) is 3.79. The summed E-state index contributed by atoms with van der Waals surface area (Å²) in [5.74, 6) is -0.0399. The molecule has 0 saturated carbocycles. The zero-order valence-electron chi connectivity index (χ0n) is 9.44. The summed E-state index contributed by atoms with van der Waals surface area (Å²) < 4.78 is 0. The molecule has 1 atom stereocenters. The predicted octanol–water partition coefficient (Wildman–Crippen LogP) is 1.74. The molecule has 1 rings (SSSR count). The van der Waals surface area contributed by atoms with Crippen molar-refractivity contribution in [1.82, 2.24) is 0 Å². The molecule has 0 radical (unpaired) electrons. The van der Waals surface area contributed by atoms with Gasteiger partial charge in [0.25, 0.3) is 0 Å². The van der Waals surface area contributed by atoms with Gasteiger partial charge in [0.05, 0.1) is 23.2 Å². The molecule has 0 saturated heterocycles. The Bertz CT molecular complexity index is 453. The third kappa shape index (κ3) is 2.65. The van der Waals surface area contributed by atoms with Crippen LogP contribution in [-0.2, 0) is 0 Å². The summed E-state index contributed by atoms with van der Waals surface area (Å²) in [5, 5.41) is 17.5. The van der Waals surface area contributed by atoms with E-state index in [1.807, 2.05) is 31.0 Å². The Morgan fingerprint density at radius 2 is 2.12 bits per heavy atom. The minimum Gasteiger partial charge on any atom is -0.398 e. The Morgan fingerprint density at radius 1 is 1.44 bits per heavy atom. The Hall–Kier alpha value is -2.20. The van der Waals surface area contributed by atoms with Crippen LogP contribution in [0.1, 0.15) is 12.5 Å². The molecule has 0 aliphatic heterocycles. The molecule has 0 spiro atoms. The number of benzene rings is 1. The number of anilines is 2. The first kappa shape index (κ1) is 11.9. The SMILES string of the molecule is CC(C#N)CN(C)c1ccc(C#N)c(N)c1. The van der Waals surface area contributed by atoms with Crippen LogP contribution >= 0.6 is 0 Å². The number of nitrogens with zero attached hydrogens (tertiary/aromatic N) is 3. The van der Waals surface area contributed by atoms with Crippen LogP contribution in [0.15, 0.2) is 18.2 Å². The highest BCUT2D eigenvalue weighted by Crippen LogP contribution is 2.20. The van der Waals surface area contributed by atoms with Crippen molar-refractivity contribution in [3.63, 3.8) is 0 Å². The van der Waals surface area contributed by atoms with Gasteiger partial charge in [0, 0.05) is 19.3 Å². The molecule has 1 unspecified atom stereocenters. The van der Waals surface area contributed by atoms with Crippen LogP contribution in [0.2, 0.25) is 0 Å². The zero-order chi connectivity index (χ0) is 12.1. The number of rotatable bonds is 3. The third-order valence-electron chi connectivity index (χ3n) is 2.36. The smallest absolute Gasteiger partial charge is 0.101 e. The van der Waals surface area contributed by atoms with Gasteiger partial charge >= 0.3 is 0 Å². The van der Waals surface area contributed by atoms with Crippen molar-refractivity contribution >= 4 is 11.4 Å². The van der Waals surface area contributed by atoms with E-state index in [-0.39, 0.29) is 5.92 Å². The van der Waals surface area contributed by atoms with E-state index >= 15 is 0 Å². The standard InChI is InChI=1S/C12H14N4/c1-9(6-13)8-16(2)11-4-3-10(7-14)12(15)5-11/h3-5,9H,8,15H2,1-2H3. The van der Waals surface area contributed by atoms with Crippen molar-refractivity contribution in [2.24, 2.45) is 5.92 Å². The lowest BCUT2D eigenvalue weighted by atomic mass is 10.1. The van der Waals surface area contributed by atoms with Gasteiger partial charge in [-0.25, -0.2) is 0 Å². The molecule has 2 N–H and O–H groups in total. The number of nitriles is 2. The molecular formula is C12H14N4. The highest BCUT2D eigenvalue weighted by molar-refractivity contribution is 5.63. The molecule has 1 aromatic carbocycles. The molecule has 4 heteroatoms. The summed E-state index contributed by atoms with van der Waals surface area (Å²) in [6, 6.07) is 9.47. The molecule has 16 heavy (non-hydrogen) atoms. The highest BCUT2D eigenvalue weighted by Gasteiger charge is 2.07. The van der Waals surface area contributed by atoms with E-state index in [4.69, 9.17) is 16.3 Å². The van der Waals surface area contributed by atoms with E-state index in [1.165, 1.54) is 0 Å². The topological polar surface area (TPSA) is 76.8 Å². The number of hydrogen-bond donors (Lipinski definition) is 1. The van der Waals surface area contributed by atoms with E-state index in [0.29, 0.717) is 17.8 Å². The first-order valence-corrected chi connectivity index (χ1v) is 4.99. The molecule has 0 aliphatic carbocycles. The van der Waals surface area contributed by atoms with Crippen molar-refractivity contribution in [2.75, 3.05) is 24.2 Å². The van der Waals surface area contributed by atoms with Gasteiger partial charge in [-0.1, -0.05) is 0 Å². The van der Waals surface area contributed by atoms with Gasteiger partial charge in [0.2, 0.25) is 0 Å². The van der Waals surface area contributed by atoms with E-state index in [9.17, 15) is 0 Å². The molecule has 0 heterocycles. The van der Waals surface area contributed by atoms with Crippen molar-refractivity contribution in [3.8, 4) is 12.1 Å². The van der Waals surface area contributed by atoms with Crippen LogP contribution in [0.4, 0.5) is 11.4 Å². The number of hydrogen-bond acceptors (Lipinski definition) is 4. The quantitative estimate of drug-likeness (QED) is 0.777. The molecular weight excluding hydrogens is 200 g/mol. The van der Waals surface area contributed by atoms with Crippen molar-refractivity contribution in [3.05, 3.63) is 23.8 Å². The second-order valence-corrected chi connectivity index (χ2v) is 3.79. The van der Waals surface area contributed by atoms with Gasteiger partial charge in [0.15, 0.2) is 0 Å². The van der Waals surface area contributed by atoms with Crippen molar-refractivity contribution in [1.29, 1.82) is 10.5 Å². The van der Waals surface area contributed by atoms with Crippen LogP contribution in [0.25, 0.3) is 0 Å². The van der Waals surface area contributed by atoms with E-state index in [1.54, 1.807) is 12.1 Å². The lowest BCUT2D eigenvalue weighted by Gasteiger charge is -2.20. The van der Waals surface area contributed by atoms with Crippen LogP contribution in [0.3, 0.4) is 0 Å². The minimum atomic E-state index is -0.0399. The van der Waals surface area contributed by atoms with E-state index < -0.39 is 0 Å². The van der Waals surface area contributed by atoms with Crippen molar-refractivity contribution < 1.29 is 0 Å². The summed E-state index contributed by atoms with van der Waals surface area (Å²) in [5.41, 5.74) is 7.58. The Balaban J connectivity index is 2.86. The lowest BCUT2D eigenvalue weighted by molar-refractivity contribution is 0.716. The molecule has 0 amide bonds. The summed E-state index contributed by atoms with van der Waals surface area (Å²) in [4.78, 5) is 1.95. The summed E-state index contributed by atoms with van der Waals surface area (Å²) in [7, 11) is 1.90. The first-order chi connectivity index (χ1) is 7.58. The fourth-order valence-corrected chi connectivity index (χ4v) is 1.45. The molecule has 0 aromatic heterocycles. The van der Waals surface area contributed by atoms with Gasteiger partial charge < -0.3 is 10.6 Å². The summed E-state index contributed by atoms with van der Waals surface area (Å²) >= 11 is 0. The fraction of sp³-hybridized carbons (Fsp3) is 0.333. The maximum absolute atomic E-state index is 8.74. The van der Waals surface area contributed by atoms with E-state index in [2.05, 4.69) is 6.07 Å². The summed E-state index contributed by atoms with van der Waals surface area (Å²) in [6.45, 7) is 2.51. The van der Waals surface area contributed by atoms with Crippen molar-refractivity contribution in [2.45, 2.75) is 6.92 Å². The summed E-state index contributed by atoms with van der Waals surface area (Å²) in [6.07, 6.45) is 0. The number of nitrogen functional groups attached to an aromatic ring is 1. The predicted molar refractivity (Wildman–Crippen MR) is 63.6 cm³/mol. The Labute approximate surface area is 95.5 Å². The van der Waals surface area contributed by atoms with E-state index in [0.717, 1.165) is 5.69 Å². The van der Waals surface area contributed by atoms with Crippen LogP contribution in [0.5, 0.6) is 0 Å². The molecule has 0 fully saturated rings. The van der Waals surface area contributed by atoms with Gasteiger partial charge in [0.1, 0.15) is 6.07 Å². The average molecular weight is 214 g/mol. The average Bonchev–Trinajstić information content (AvgIpc) is 2.28. The first-order valence-electron chi connectivity index (χ1n) is 4.99. The van der Waals surface area contributed by atoms with Crippen LogP contribution < -0.4 is 10.6 Å². The fourth-order valence-electron chi connectivity index (χ4n) is 1.45. The Morgan fingerprint density at radius 3 is 2.62 bits per heavy atom. The maximum Gasteiger partial charge on any atom is 0.101 e. The molecule has 4 nitrogen and oxygen atoms in total. The molecule has 1 aromatic rings. The largest absolute Gasteiger partial charge is 0.398 e. The Kier molecular flexibility index (Phi) is 3.74. The minimum absolute atomic E-state index is 0.0399. The van der Waals surface area contributed by atoms with Crippen LogP contribution in [-0.4, -0.2) is 13.6 Å². The maximum atomic E-state index is 8.74. The zero-order valence-corrected chi connectivity index (χ0v) is 9.44. The highest BCUT2D eigenvalue weighted by atomic mass is 15.1. The van der Waals surface area contributed by atoms with Gasteiger partial charge in [-0.2, -0.15) is 10.5 Å². The molecule has 0 bridgehead atoms. The third-order valence-corrected chi connectivity index (χ3v) is 2.36. The van der Waals surface area contributed by atoms with Gasteiger partial charge in [-0.3, -0.25) is 0 Å². The van der Waals surface area contributed by atoms with Crippen LogP contribution in [0, 0.1) is 28.6 Å². The normalized spacial score (nSPS) is 11.2. The molecule has 0 aliphatic rings. The monoisotopic (exact) mass is 214 g/mol. The van der Waals surface area contributed by atoms with Gasteiger partial charge in [-0.05, 0) is 25.1 Å². The van der Waals surface area contributed by atoms with Gasteiger partial charge in [-0.15, -0.1) is 0 Å². The lowest BCUT2D eigenvalue weighted by Crippen LogP contribution is -2.23. The number of nitrogens with two attached hydrogens (primary N) is 1. The molecule has 82 valence electrons.